The fraction of sp³-hybridized carbons (Fsp3) is 0.100. The van der Waals surface area contributed by atoms with Crippen molar-refractivity contribution in [3.63, 3.8) is 0 Å². The van der Waals surface area contributed by atoms with E-state index in [4.69, 9.17) is 0 Å². The van der Waals surface area contributed by atoms with Gasteiger partial charge in [0.25, 0.3) is 0 Å². The van der Waals surface area contributed by atoms with Crippen LogP contribution in [-0.2, 0) is 0 Å². The molecule has 2 rings (SSSR count). The molecular formula is C10H10NNaO. The first-order chi connectivity index (χ1) is 5.77. The standard InChI is InChI=1S/C10H9NO.Na.H/c1-7-5-8-3-2-4-11-10(8)9(12)6-7;;/h2-6,12H,1H3;;. The molecule has 0 amide bonds. The summed E-state index contributed by atoms with van der Waals surface area (Å²) < 4.78 is 0. The molecule has 0 saturated heterocycles. The molecular weight excluding hydrogens is 173 g/mol. The predicted molar refractivity (Wildman–Crippen MR) is 55.3 cm³/mol. The van der Waals surface area contributed by atoms with Gasteiger partial charge in [-0.05, 0) is 30.7 Å². The van der Waals surface area contributed by atoms with Crippen molar-refractivity contribution in [3.8, 4) is 5.75 Å². The van der Waals surface area contributed by atoms with E-state index in [0.717, 1.165) is 10.9 Å². The molecule has 0 fully saturated rings. The minimum atomic E-state index is 0. The average Bonchev–Trinajstić information content (AvgIpc) is 2.04. The van der Waals surface area contributed by atoms with Crippen LogP contribution >= 0.6 is 0 Å². The normalized spacial score (nSPS) is 9.62. The van der Waals surface area contributed by atoms with Crippen molar-refractivity contribution < 1.29 is 5.11 Å². The maximum atomic E-state index is 9.49. The summed E-state index contributed by atoms with van der Waals surface area (Å²) in [6, 6.07) is 7.52. The number of hydrogen-bond donors (Lipinski definition) is 1. The molecule has 0 atom stereocenters. The molecule has 3 heteroatoms. The van der Waals surface area contributed by atoms with Gasteiger partial charge in [0.05, 0.1) is 0 Å². The predicted octanol–water partition coefficient (Wildman–Crippen LogP) is 1.60. The van der Waals surface area contributed by atoms with Gasteiger partial charge >= 0.3 is 29.6 Å². The summed E-state index contributed by atoms with van der Waals surface area (Å²) in [4.78, 5) is 4.07. The Kier molecular flexibility index (Phi) is 3.31. The maximum absolute atomic E-state index is 9.49. The topological polar surface area (TPSA) is 33.1 Å². The first-order valence-electron chi connectivity index (χ1n) is 3.82. The van der Waals surface area contributed by atoms with E-state index in [9.17, 15) is 5.11 Å². The van der Waals surface area contributed by atoms with Crippen molar-refractivity contribution in [1.82, 2.24) is 4.98 Å². The zero-order valence-corrected chi connectivity index (χ0v) is 6.78. The van der Waals surface area contributed by atoms with Gasteiger partial charge in [0.1, 0.15) is 11.3 Å². The monoisotopic (exact) mass is 183 g/mol. The number of aryl methyl sites for hydroxylation is 1. The number of aromatic nitrogens is 1. The van der Waals surface area contributed by atoms with Gasteiger partial charge in [-0.25, -0.2) is 0 Å². The Bertz CT molecular complexity index is 428. The van der Waals surface area contributed by atoms with Crippen molar-refractivity contribution in [1.29, 1.82) is 0 Å². The molecule has 2 aromatic rings. The van der Waals surface area contributed by atoms with E-state index in [2.05, 4.69) is 4.98 Å². The second-order valence-corrected chi connectivity index (χ2v) is 2.86. The van der Waals surface area contributed by atoms with E-state index in [1.165, 1.54) is 0 Å². The van der Waals surface area contributed by atoms with Crippen LogP contribution in [0.5, 0.6) is 5.75 Å². The Labute approximate surface area is 98.9 Å². The van der Waals surface area contributed by atoms with Crippen molar-refractivity contribution in [3.05, 3.63) is 36.0 Å². The molecule has 0 bridgehead atoms. The fourth-order valence-corrected chi connectivity index (χ4v) is 1.32. The van der Waals surface area contributed by atoms with Crippen LogP contribution in [0.25, 0.3) is 10.9 Å². The van der Waals surface area contributed by atoms with Crippen molar-refractivity contribution in [2.45, 2.75) is 6.92 Å². The Morgan fingerprint density at radius 3 is 2.85 bits per heavy atom. The summed E-state index contributed by atoms with van der Waals surface area (Å²) in [6.07, 6.45) is 1.68. The number of phenols is 1. The van der Waals surface area contributed by atoms with Crippen LogP contribution in [0.15, 0.2) is 30.5 Å². The van der Waals surface area contributed by atoms with Gasteiger partial charge in [-0.15, -0.1) is 0 Å². The van der Waals surface area contributed by atoms with Crippen LogP contribution in [0.3, 0.4) is 0 Å². The van der Waals surface area contributed by atoms with Crippen LogP contribution in [0.4, 0.5) is 0 Å². The molecule has 1 N–H and O–H groups in total. The molecule has 13 heavy (non-hydrogen) atoms. The van der Waals surface area contributed by atoms with Crippen LogP contribution in [0.2, 0.25) is 0 Å². The van der Waals surface area contributed by atoms with Crippen LogP contribution in [0.1, 0.15) is 5.56 Å². The molecule has 62 valence electrons. The van der Waals surface area contributed by atoms with E-state index >= 15 is 0 Å². The van der Waals surface area contributed by atoms with Gasteiger partial charge in [-0.3, -0.25) is 4.98 Å². The van der Waals surface area contributed by atoms with E-state index < -0.39 is 0 Å². The van der Waals surface area contributed by atoms with E-state index in [1.54, 1.807) is 12.3 Å². The molecule has 0 aliphatic heterocycles. The summed E-state index contributed by atoms with van der Waals surface area (Å²) in [7, 11) is 0. The van der Waals surface area contributed by atoms with Crippen LogP contribution in [-0.4, -0.2) is 39.6 Å². The van der Waals surface area contributed by atoms with Crippen LogP contribution in [0, 0.1) is 6.92 Å². The average molecular weight is 183 g/mol. The second kappa shape index (κ2) is 4.09. The molecule has 1 heterocycles. The SMILES string of the molecule is Cc1cc(O)c2ncccc2c1.[NaH]. The molecule has 0 spiro atoms. The summed E-state index contributed by atoms with van der Waals surface area (Å²) in [6.45, 7) is 1.95. The van der Waals surface area contributed by atoms with Crippen LogP contribution < -0.4 is 0 Å². The molecule has 2 nitrogen and oxygen atoms in total. The number of aromatic hydroxyl groups is 1. The third-order valence-electron chi connectivity index (χ3n) is 1.83. The van der Waals surface area contributed by atoms with Crippen molar-refractivity contribution in [2.24, 2.45) is 0 Å². The molecule has 0 radical (unpaired) electrons. The quantitative estimate of drug-likeness (QED) is 0.629. The molecule has 1 aromatic heterocycles. The molecule has 0 aliphatic carbocycles. The van der Waals surface area contributed by atoms with Gasteiger partial charge in [0.15, 0.2) is 0 Å². The van der Waals surface area contributed by atoms with E-state index in [0.29, 0.717) is 5.52 Å². The zero-order valence-electron chi connectivity index (χ0n) is 6.78. The number of fused-ring (bicyclic) bond motifs is 1. The molecule has 0 unspecified atom stereocenters. The fourth-order valence-electron chi connectivity index (χ4n) is 1.32. The second-order valence-electron chi connectivity index (χ2n) is 2.86. The number of hydrogen-bond acceptors (Lipinski definition) is 2. The Hall–Kier alpha value is -0.570. The molecule has 0 saturated carbocycles. The molecule has 1 aromatic carbocycles. The number of phenolic OH excluding ortho intramolecular Hbond substituents is 1. The number of nitrogens with zero attached hydrogens (tertiary/aromatic N) is 1. The van der Waals surface area contributed by atoms with Crippen molar-refractivity contribution >= 4 is 40.5 Å². The Morgan fingerprint density at radius 2 is 2.08 bits per heavy atom. The van der Waals surface area contributed by atoms with E-state index in [-0.39, 0.29) is 35.3 Å². The zero-order chi connectivity index (χ0) is 8.55. The molecule has 0 aliphatic rings. The Morgan fingerprint density at radius 1 is 1.31 bits per heavy atom. The number of benzene rings is 1. The summed E-state index contributed by atoms with van der Waals surface area (Å²) in [5.74, 6) is 0.255. The first-order valence-corrected chi connectivity index (χ1v) is 3.82. The summed E-state index contributed by atoms with van der Waals surface area (Å²) in [5.41, 5.74) is 1.72. The van der Waals surface area contributed by atoms with Gasteiger partial charge in [-0.2, -0.15) is 0 Å². The van der Waals surface area contributed by atoms with Gasteiger partial charge in [0, 0.05) is 11.6 Å². The number of rotatable bonds is 0. The first kappa shape index (κ1) is 10.5. The number of pyridine rings is 1. The van der Waals surface area contributed by atoms with Crippen molar-refractivity contribution in [2.75, 3.05) is 0 Å². The van der Waals surface area contributed by atoms with Gasteiger partial charge in [0.2, 0.25) is 0 Å². The summed E-state index contributed by atoms with van der Waals surface area (Å²) in [5, 5.41) is 10.5. The minimum absolute atomic E-state index is 0. The third-order valence-corrected chi connectivity index (χ3v) is 1.83. The van der Waals surface area contributed by atoms with Gasteiger partial charge < -0.3 is 5.11 Å². The summed E-state index contributed by atoms with van der Waals surface area (Å²) >= 11 is 0. The Balaban J connectivity index is 0.000000845. The third kappa shape index (κ3) is 2.02. The van der Waals surface area contributed by atoms with Gasteiger partial charge in [-0.1, -0.05) is 6.07 Å². The van der Waals surface area contributed by atoms with E-state index in [1.807, 2.05) is 25.1 Å².